The molecule has 0 aromatic heterocycles. The Morgan fingerprint density at radius 3 is 2.48 bits per heavy atom. The lowest BCUT2D eigenvalue weighted by Crippen LogP contribution is -2.42. The van der Waals surface area contributed by atoms with Gasteiger partial charge in [0.1, 0.15) is 0 Å². The molecule has 144 valence electrons. The number of benzene rings is 2. The summed E-state index contributed by atoms with van der Waals surface area (Å²) in [5.74, 6) is -2.69. The average molecular weight is 395 g/mol. The lowest BCUT2D eigenvalue weighted by Gasteiger charge is -2.23. The molecule has 2 aromatic carbocycles. The third kappa shape index (κ3) is 4.81. The lowest BCUT2D eigenvalue weighted by atomic mass is 10.1. The van der Waals surface area contributed by atoms with Gasteiger partial charge in [0, 0.05) is 17.3 Å². The summed E-state index contributed by atoms with van der Waals surface area (Å²) in [6, 6.07) is 8.37. The highest BCUT2D eigenvalue weighted by molar-refractivity contribution is 7.92. The molecule has 1 saturated heterocycles. The van der Waals surface area contributed by atoms with Crippen molar-refractivity contribution in [3.63, 3.8) is 0 Å². The highest BCUT2D eigenvalue weighted by Crippen LogP contribution is 2.19. The predicted molar refractivity (Wildman–Crippen MR) is 97.0 cm³/mol. The van der Waals surface area contributed by atoms with Crippen LogP contribution >= 0.6 is 0 Å². The first-order valence-electron chi connectivity index (χ1n) is 8.45. The molecule has 3 N–H and O–H groups in total. The van der Waals surface area contributed by atoms with Crippen LogP contribution in [0.4, 0.5) is 14.5 Å². The molecule has 0 atom stereocenters. The predicted octanol–water partition coefficient (Wildman–Crippen LogP) is 2.25. The van der Waals surface area contributed by atoms with Gasteiger partial charge in [-0.05, 0) is 62.3 Å². The number of rotatable bonds is 5. The largest absolute Gasteiger partial charge is 0.349 e. The van der Waals surface area contributed by atoms with Gasteiger partial charge in [-0.1, -0.05) is 6.07 Å². The number of piperidine rings is 1. The standard InChI is InChI=1S/C18H19F2N3O3S/c19-16-5-4-15(11-17(16)20)27(25,26)23-14-3-1-2-12(10-14)18(24)22-13-6-8-21-9-7-13/h1-5,10-11,13,21,23H,6-9H2,(H,22,24). The Hall–Kier alpha value is -2.52. The summed E-state index contributed by atoms with van der Waals surface area (Å²) in [7, 11) is -4.12. The van der Waals surface area contributed by atoms with Crippen molar-refractivity contribution in [1.82, 2.24) is 10.6 Å². The van der Waals surface area contributed by atoms with E-state index in [4.69, 9.17) is 0 Å². The topological polar surface area (TPSA) is 87.3 Å². The number of hydrogen-bond acceptors (Lipinski definition) is 4. The van der Waals surface area contributed by atoms with Crippen molar-refractivity contribution in [3.8, 4) is 0 Å². The first kappa shape index (κ1) is 19.2. The molecular formula is C18H19F2N3O3S. The van der Waals surface area contributed by atoms with Crippen LogP contribution in [-0.4, -0.2) is 33.5 Å². The molecule has 9 heteroatoms. The maximum atomic E-state index is 13.3. The molecule has 2 aromatic rings. The Kier molecular flexibility index (Phi) is 5.71. The molecule has 1 aliphatic rings. The molecule has 3 rings (SSSR count). The molecule has 0 spiro atoms. The van der Waals surface area contributed by atoms with E-state index in [9.17, 15) is 22.0 Å². The molecule has 0 unspecified atom stereocenters. The van der Waals surface area contributed by atoms with Crippen molar-refractivity contribution in [2.45, 2.75) is 23.8 Å². The molecule has 1 fully saturated rings. The fraction of sp³-hybridized carbons (Fsp3) is 0.278. The van der Waals surface area contributed by atoms with Crippen molar-refractivity contribution in [3.05, 3.63) is 59.7 Å². The molecule has 1 heterocycles. The Balaban J connectivity index is 1.74. The van der Waals surface area contributed by atoms with Crippen molar-refractivity contribution >= 4 is 21.6 Å². The quantitative estimate of drug-likeness (QED) is 0.725. The summed E-state index contributed by atoms with van der Waals surface area (Å²) in [4.78, 5) is 12.0. The highest BCUT2D eigenvalue weighted by Gasteiger charge is 2.19. The van der Waals surface area contributed by atoms with Gasteiger partial charge in [0.2, 0.25) is 0 Å². The maximum Gasteiger partial charge on any atom is 0.261 e. The number of halogens is 2. The molecule has 0 bridgehead atoms. The van der Waals surface area contributed by atoms with E-state index in [0.29, 0.717) is 11.6 Å². The molecule has 6 nitrogen and oxygen atoms in total. The Morgan fingerprint density at radius 2 is 1.78 bits per heavy atom. The molecular weight excluding hydrogens is 376 g/mol. The van der Waals surface area contributed by atoms with E-state index in [-0.39, 0.29) is 17.6 Å². The summed E-state index contributed by atoms with van der Waals surface area (Å²) in [6.45, 7) is 1.66. The number of carbonyl (C=O) groups excluding carboxylic acids is 1. The molecule has 0 aliphatic carbocycles. The van der Waals surface area contributed by atoms with E-state index in [1.54, 1.807) is 12.1 Å². The van der Waals surface area contributed by atoms with Crippen LogP contribution in [0.1, 0.15) is 23.2 Å². The highest BCUT2D eigenvalue weighted by atomic mass is 32.2. The third-order valence-electron chi connectivity index (χ3n) is 4.25. The molecule has 0 saturated carbocycles. The van der Waals surface area contributed by atoms with Crippen molar-refractivity contribution < 1.29 is 22.0 Å². The zero-order chi connectivity index (χ0) is 19.4. The fourth-order valence-corrected chi connectivity index (χ4v) is 3.88. The van der Waals surface area contributed by atoms with Crippen LogP contribution in [0.3, 0.4) is 0 Å². The van der Waals surface area contributed by atoms with Gasteiger partial charge >= 0.3 is 0 Å². The number of hydrogen-bond donors (Lipinski definition) is 3. The summed E-state index contributed by atoms with van der Waals surface area (Å²) < 4.78 is 53.3. The Bertz CT molecular complexity index is 945. The number of amides is 1. The van der Waals surface area contributed by atoms with E-state index in [0.717, 1.165) is 38.1 Å². The van der Waals surface area contributed by atoms with Crippen LogP contribution in [-0.2, 0) is 10.0 Å². The van der Waals surface area contributed by atoms with Gasteiger partial charge in [0.15, 0.2) is 11.6 Å². The van der Waals surface area contributed by atoms with Gasteiger partial charge < -0.3 is 10.6 Å². The van der Waals surface area contributed by atoms with Crippen LogP contribution in [0.5, 0.6) is 0 Å². The van der Waals surface area contributed by atoms with Crippen LogP contribution in [0.2, 0.25) is 0 Å². The van der Waals surface area contributed by atoms with Gasteiger partial charge in [-0.25, -0.2) is 17.2 Å². The van der Waals surface area contributed by atoms with Crippen LogP contribution in [0.15, 0.2) is 47.4 Å². The number of nitrogens with one attached hydrogen (secondary N) is 3. The number of anilines is 1. The Morgan fingerprint density at radius 1 is 1.04 bits per heavy atom. The van der Waals surface area contributed by atoms with Gasteiger partial charge in [-0.3, -0.25) is 9.52 Å². The smallest absolute Gasteiger partial charge is 0.261 e. The van der Waals surface area contributed by atoms with E-state index >= 15 is 0 Å². The zero-order valence-electron chi connectivity index (χ0n) is 14.3. The summed E-state index contributed by atoms with van der Waals surface area (Å²) >= 11 is 0. The van der Waals surface area contributed by atoms with Crippen LogP contribution in [0, 0.1) is 11.6 Å². The lowest BCUT2D eigenvalue weighted by molar-refractivity contribution is 0.0929. The molecule has 1 aliphatic heterocycles. The van der Waals surface area contributed by atoms with Crippen molar-refractivity contribution in [1.29, 1.82) is 0 Å². The van der Waals surface area contributed by atoms with E-state index in [2.05, 4.69) is 15.4 Å². The Labute approximate surface area is 156 Å². The van der Waals surface area contributed by atoms with Gasteiger partial charge in [0.05, 0.1) is 4.90 Å². The minimum Gasteiger partial charge on any atom is -0.349 e. The molecule has 0 radical (unpaired) electrons. The van der Waals surface area contributed by atoms with Crippen LogP contribution in [0.25, 0.3) is 0 Å². The maximum absolute atomic E-state index is 13.3. The molecule has 27 heavy (non-hydrogen) atoms. The van der Waals surface area contributed by atoms with E-state index in [1.807, 2.05) is 0 Å². The van der Waals surface area contributed by atoms with E-state index in [1.165, 1.54) is 12.1 Å². The van der Waals surface area contributed by atoms with Gasteiger partial charge in [-0.2, -0.15) is 0 Å². The average Bonchev–Trinajstić information content (AvgIpc) is 2.64. The first-order valence-corrected chi connectivity index (χ1v) is 9.93. The summed E-state index contributed by atoms with van der Waals surface area (Å²) in [5, 5.41) is 6.13. The third-order valence-corrected chi connectivity index (χ3v) is 5.63. The van der Waals surface area contributed by atoms with Gasteiger partial charge in [-0.15, -0.1) is 0 Å². The fourth-order valence-electron chi connectivity index (χ4n) is 2.82. The number of carbonyl (C=O) groups is 1. The van der Waals surface area contributed by atoms with Gasteiger partial charge in [0.25, 0.3) is 15.9 Å². The number of sulfonamides is 1. The molecule has 1 amide bonds. The summed E-state index contributed by atoms with van der Waals surface area (Å²) in [5.41, 5.74) is 0.455. The minimum atomic E-state index is -4.12. The zero-order valence-corrected chi connectivity index (χ0v) is 15.2. The van der Waals surface area contributed by atoms with Crippen molar-refractivity contribution in [2.24, 2.45) is 0 Å². The second-order valence-corrected chi connectivity index (χ2v) is 7.94. The minimum absolute atomic E-state index is 0.0706. The normalized spacial score (nSPS) is 15.3. The second-order valence-electron chi connectivity index (χ2n) is 6.26. The second kappa shape index (κ2) is 8.01. The first-order chi connectivity index (χ1) is 12.8. The van der Waals surface area contributed by atoms with E-state index < -0.39 is 26.6 Å². The van der Waals surface area contributed by atoms with Crippen LogP contribution < -0.4 is 15.4 Å². The van der Waals surface area contributed by atoms with Crippen molar-refractivity contribution in [2.75, 3.05) is 17.8 Å². The summed E-state index contributed by atoms with van der Waals surface area (Å²) in [6.07, 6.45) is 1.66. The SMILES string of the molecule is O=C(NC1CCNCC1)c1cccc(NS(=O)(=O)c2ccc(F)c(F)c2)c1. The monoisotopic (exact) mass is 395 g/mol.